The van der Waals surface area contributed by atoms with Crippen LogP contribution >= 0.6 is 0 Å². The lowest BCUT2D eigenvalue weighted by Crippen LogP contribution is -2.47. The number of rotatable bonds is 3. The number of carbonyl (C=O) groups is 1. The first-order valence-corrected chi connectivity index (χ1v) is 6.96. The van der Waals surface area contributed by atoms with Crippen molar-refractivity contribution in [2.75, 3.05) is 6.61 Å². The van der Waals surface area contributed by atoms with Gasteiger partial charge in [-0.1, -0.05) is 24.3 Å². The van der Waals surface area contributed by atoms with Crippen LogP contribution in [0.25, 0.3) is 0 Å². The average molecular weight is 283 g/mol. The molecule has 1 aliphatic rings. The molecule has 0 aliphatic carbocycles. The molecule has 3 rings (SSSR count). The molecule has 2 heterocycles. The molecule has 0 spiro atoms. The summed E-state index contributed by atoms with van der Waals surface area (Å²) < 4.78 is 5.64. The summed E-state index contributed by atoms with van der Waals surface area (Å²) in [5.41, 5.74) is 1.96. The molecule has 0 radical (unpaired) electrons. The number of hydrogen-bond acceptors (Lipinski definition) is 3. The first-order chi connectivity index (χ1) is 10.3. The molecule has 2 aromatic rings. The molecule has 5 heteroatoms. The molecular weight excluding hydrogens is 266 g/mol. The number of carbonyl (C=O) groups excluding carboxylic acids is 1. The summed E-state index contributed by atoms with van der Waals surface area (Å²) in [6.07, 6.45) is 2.49. The number of aromatic nitrogens is 1. The smallest absolute Gasteiger partial charge is 0.315 e. The number of pyridine rings is 1. The highest BCUT2D eigenvalue weighted by Gasteiger charge is 2.20. The quantitative estimate of drug-likeness (QED) is 0.904. The Morgan fingerprint density at radius 3 is 2.95 bits per heavy atom. The van der Waals surface area contributed by atoms with Crippen LogP contribution in [0.3, 0.4) is 0 Å². The first kappa shape index (κ1) is 13.4. The zero-order chi connectivity index (χ0) is 14.5. The minimum absolute atomic E-state index is 0.0105. The lowest BCUT2D eigenvalue weighted by molar-refractivity contribution is 0.214. The maximum absolute atomic E-state index is 11.9. The molecule has 1 aromatic carbocycles. The van der Waals surface area contributed by atoms with Gasteiger partial charge in [-0.3, -0.25) is 4.98 Å². The van der Waals surface area contributed by atoms with Gasteiger partial charge in [0.05, 0.1) is 18.3 Å². The second-order valence-corrected chi connectivity index (χ2v) is 4.97. The predicted octanol–water partition coefficient (Wildman–Crippen LogP) is 1.88. The van der Waals surface area contributed by atoms with Crippen molar-refractivity contribution >= 4 is 6.03 Å². The zero-order valence-corrected chi connectivity index (χ0v) is 11.6. The van der Waals surface area contributed by atoms with Gasteiger partial charge in [0.25, 0.3) is 0 Å². The monoisotopic (exact) mass is 283 g/mol. The summed E-state index contributed by atoms with van der Waals surface area (Å²) in [7, 11) is 0. The maximum Gasteiger partial charge on any atom is 0.315 e. The van der Waals surface area contributed by atoms with Crippen LogP contribution in [0.15, 0.2) is 48.7 Å². The van der Waals surface area contributed by atoms with E-state index in [4.69, 9.17) is 4.74 Å². The van der Waals surface area contributed by atoms with E-state index in [-0.39, 0.29) is 12.1 Å². The molecule has 1 atom stereocenters. The number of nitrogens with one attached hydrogen (secondary N) is 2. The number of ether oxygens (including phenoxy) is 1. The summed E-state index contributed by atoms with van der Waals surface area (Å²) >= 11 is 0. The Hall–Kier alpha value is -2.56. The molecular formula is C16H17N3O2. The van der Waals surface area contributed by atoms with Gasteiger partial charge in [0.15, 0.2) is 0 Å². The van der Waals surface area contributed by atoms with Crippen molar-refractivity contribution in [3.63, 3.8) is 0 Å². The summed E-state index contributed by atoms with van der Waals surface area (Å²) in [4.78, 5) is 16.1. The number of nitrogens with zero attached hydrogens (tertiary/aromatic N) is 1. The van der Waals surface area contributed by atoms with Gasteiger partial charge in [-0.2, -0.15) is 0 Å². The van der Waals surface area contributed by atoms with E-state index < -0.39 is 0 Å². The van der Waals surface area contributed by atoms with Gasteiger partial charge >= 0.3 is 6.03 Å². The highest BCUT2D eigenvalue weighted by Crippen LogP contribution is 2.23. The lowest BCUT2D eigenvalue weighted by Gasteiger charge is -2.26. The molecule has 1 aromatic heterocycles. The highest BCUT2D eigenvalue weighted by molar-refractivity contribution is 5.74. The van der Waals surface area contributed by atoms with Gasteiger partial charge in [-0.15, -0.1) is 0 Å². The fourth-order valence-corrected chi connectivity index (χ4v) is 2.33. The van der Waals surface area contributed by atoms with Crippen molar-refractivity contribution < 1.29 is 9.53 Å². The highest BCUT2D eigenvalue weighted by atomic mass is 16.5. The molecule has 1 aliphatic heterocycles. The standard InChI is InChI=1S/C16H17N3O2/c20-16(18-10-13-6-3-4-8-17-13)19-14-9-12-5-1-2-7-15(12)21-11-14/h1-8,14H,9-11H2,(H2,18,19,20)/t14-/m0/s1. The zero-order valence-electron chi connectivity index (χ0n) is 11.6. The van der Waals surface area contributed by atoms with Crippen molar-refractivity contribution in [2.45, 2.75) is 19.0 Å². The molecule has 0 fully saturated rings. The van der Waals surface area contributed by atoms with Crippen molar-refractivity contribution in [1.82, 2.24) is 15.6 Å². The molecule has 2 amide bonds. The number of benzene rings is 1. The molecule has 21 heavy (non-hydrogen) atoms. The van der Waals surface area contributed by atoms with Gasteiger partial charge in [0.2, 0.25) is 0 Å². The summed E-state index contributed by atoms with van der Waals surface area (Å²) in [5, 5.41) is 5.73. The Morgan fingerprint density at radius 2 is 2.10 bits per heavy atom. The first-order valence-electron chi connectivity index (χ1n) is 6.96. The Balaban J connectivity index is 1.50. The number of amides is 2. The molecule has 108 valence electrons. The summed E-state index contributed by atoms with van der Waals surface area (Å²) in [6.45, 7) is 0.908. The molecule has 2 N–H and O–H groups in total. The third-order valence-corrected chi connectivity index (χ3v) is 3.37. The Kier molecular flexibility index (Phi) is 4.00. The van der Waals surface area contributed by atoms with Crippen molar-refractivity contribution in [3.05, 3.63) is 59.9 Å². The minimum atomic E-state index is -0.200. The molecule has 0 bridgehead atoms. The summed E-state index contributed by atoms with van der Waals surface area (Å²) in [5.74, 6) is 0.907. The number of urea groups is 1. The Morgan fingerprint density at radius 1 is 1.24 bits per heavy atom. The summed E-state index contributed by atoms with van der Waals surface area (Å²) in [6, 6.07) is 13.3. The van der Waals surface area contributed by atoms with E-state index in [2.05, 4.69) is 15.6 Å². The molecule has 0 saturated carbocycles. The van der Waals surface area contributed by atoms with Gasteiger partial charge < -0.3 is 15.4 Å². The van der Waals surface area contributed by atoms with Crippen molar-refractivity contribution in [2.24, 2.45) is 0 Å². The van der Waals surface area contributed by atoms with Crippen LogP contribution in [0.1, 0.15) is 11.3 Å². The lowest BCUT2D eigenvalue weighted by atomic mass is 10.0. The number of hydrogen-bond donors (Lipinski definition) is 2. The molecule has 0 saturated heterocycles. The normalized spacial score (nSPS) is 16.5. The van der Waals surface area contributed by atoms with E-state index in [0.717, 1.165) is 23.4 Å². The van der Waals surface area contributed by atoms with Crippen LogP contribution in [-0.4, -0.2) is 23.7 Å². The van der Waals surface area contributed by atoms with Gasteiger partial charge in [-0.05, 0) is 30.2 Å². The van der Waals surface area contributed by atoms with Gasteiger partial charge in [0, 0.05) is 6.20 Å². The van der Waals surface area contributed by atoms with Crippen LogP contribution in [-0.2, 0) is 13.0 Å². The van der Waals surface area contributed by atoms with E-state index in [1.807, 2.05) is 42.5 Å². The van der Waals surface area contributed by atoms with Crippen LogP contribution < -0.4 is 15.4 Å². The van der Waals surface area contributed by atoms with E-state index in [1.165, 1.54) is 0 Å². The van der Waals surface area contributed by atoms with Crippen LogP contribution in [0.5, 0.6) is 5.75 Å². The van der Waals surface area contributed by atoms with E-state index in [9.17, 15) is 4.79 Å². The second kappa shape index (κ2) is 6.26. The molecule has 5 nitrogen and oxygen atoms in total. The van der Waals surface area contributed by atoms with E-state index >= 15 is 0 Å². The fraction of sp³-hybridized carbons (Fsp3) is 0.250. The van der Waals surface area contributed by atoms with E-state index in [1.54, 1.807) is 6.20 Å². The number of fused-ring (bicyclic) bond motifs is 1. The van der Waals surface area contributed by atoms with Crippen LogP contribution in [0.2, 0.25) is 0 Å². The largest absolute Gasteiger partial charge is 0.491 e. The maximum atomic E-state index is 11.9. The fourth-order valence-electron chi connectivity index (χ4n) is 2.33. The van der Waals surface area contributed by atoms with Crippen LogP contribution in [0, 0.1) is 0 Å². The SMILES string of the molecule is O=C(NCc1ccccn1)N[C@@H]1COc2ccccc2C1. The molecule has 0 unspecified atom stereocenters. The topological polar surface area (TPSA) is 63.2 Å². The van der Waals surface area contributed by atoms with Crippen LogP contribution in [0.4, 0.5) is 4.79 Å². The minimum Gasteiger partial charge on any atom is -0.491 e. The average Bonchev–Trinajstić information content (AvgIpc) is 2.54. The third-order valence-electron chi connectivity index (χ3n) is 3.37. The van der Waals surface area contributed by atoms with Crippen molar-refractivity contribution in [1.29, 1.82) is 0 Å². The van der Waals surface area contributed by atoms with Crippen molar-refractivity contribution in [3.8, 4) is 5.75 Å². The second-order valence-electron chi connectivity index (χ2n) is 4.97. The van der Waals surface area contributed by atoms with Gasteiger partial charge in [-0.25, -0.2) is 4.79 Å². The Labute approximate surface area is 123 Å². The third kappa shape index (κ3) is 3.51. The Bertz CT molecular complexity index is 616. The van der Waals surface area contributed by atoms with Gasteiger partial charge in [0.1, 0.15) is 12.4 Å². The predicted molar refractivity (Wildman–Crippen MR) is 79.0 cm³/mol. The van der Waals surface area contributed by atoms with E-state index in [0.29, 0.717) is 13.2 Å². The number of para-hydroxylation sites is 1.